The summed E-state index contributed by atoms with van der Waals surface area (Å²) in [5.41, 5.74) is 2.44. The van der Waals surface area contributed by atoms with Gasteiger partial charge in [-0.3, -0.25) is 4.79 Å². The molecule has 108 valence electrons. The summed E-state index contributed by atoms with van der Waals surface area (Å²) < 4.78 is 0. The zero-order chi connectivity index (χ0) is 13.9. The molecule has 1 saturated heterocycles. The number of fused-ring (bicyclic) bond motifs is 1. The van der Waals surface area contributed by atoms with Gasteiger partial charge >= 0.3 is 0 Å². The van der Waals surface area contributed by atoms with Crippen LogP contribution in [0.25, 0.3) is 0 Å². The van der Waals surface area contributed by atoms with E-state index in [9.17, 15) is 4.79 Å². The van der Waals surface area contributed by atoms with E-state index in [0.29, 0.717) is 6.42 Å². The number of likely N-dealkylation sites (tertiary alicyclic amines) is 1. The predicted molar refractivity (Wildman–Crippen MR) is 82.0 cm³/mol. The zero-order valence-electron chi connectivity index (χ0n) is 12.3. The summed E-state index contributed by atoms with van der Waals surface area (Å²) >= 11 is 0. The van der Waals surface area contributed by atoms with Crippen molar-refractivity contribution >= 4 is 11.6 Å². The van der Waals surface area contributed by atoms with Gasteiger partial charge < -0.3 is 9.80 Å². The van der Waals surface area contributed by atoms with Crippen LogP contribution in [0.4, 0.5) is 5.69 Å². The summed E-state index contributed by atoms with van der Waals surface area (Å²) in [5.74, 6) is 1.14. The number of piperidine rings is 1. The number of anilines is 1. The van der Waals surface area contributed by atoms with Gasteiger partial charge in [-0.1, -0.05) is 25.1 Å². The molecule has 3 rings (SSSR count). The lowest BCUT2D eigenvalue weighted by Crippen LogP contribution is -2.37. The van der Waals surface area contributed by atoms with Gasteiger partial charge in [-0.15, -0.1) is 0 Å². The Morgan fingerprint density at radius 3 is 2.75 bits per heavy atom. The van der Waals surface area contributed by atoms with Crippen molar-refractivity contribution in [3.05, 3.63) is 29.8 Å². The van der Waals surface area contributed by atoms with E-state index >= 15 is 0 Å². The van der Waals surface area contributed by atoms with E-state index in [-0.39, 0.29) is 5.91 Å². The Bertz CT molecular complexity index is 478. The van der Waals surface area contributed by atoms with Gasteiger partial charge in [0, 0.05) is 25.2 Å². The highest BCUT2D eigenvalue weighted by Crippen LogP contribution is 2.28. The molecule has 0 bridgehead atoms. The number of nitrogens with zero attached hydrogens (tertiary/aromatic N) is 2. The van der Waals surface area contributed by atoms with Gasteiger partial charge in [0.2, 0.25) is 5.91 Å². The van der Waals surface area contributed by atoms with Crippen molar-refractivity contribution in [2.24, 2.45) is 5.92 Å². The molecule has 0 spiro atoms. The maximum absolute atomic E-state index is 12.4. The van der Waals surface area contributed by atoms with E-state index in [4.69, 9.17) is 0 Å². The highest BCUT2D eigenvalue weighted by molar-refractivity contribution is 5.95. The summed E-state index contributed by atoms with van der Waals surface area (Å²) in [6.07, 6.45) is 4.22. The van der Waals surface area contributed by atoms with Crippen LogP contribution in [0.15, 0.2) is 24.3 Å². The number of carbonyl (C=O) groups is 1. The summed E-state index contributed by atoms with van der Waals surface area (Å²) in [6.45, 7) is 6.42. The molecular formula is C17H24N2O. The maximum atomic E-state index is 12.4. The second kappa shape index (κ2) is 5.96. The van der Waals surface area contributed by atoms with E-state index in [0.717, 1.165) is 44.2 Å². The molecule has 1 fully saturated rings. The lowest BCUT2D eigenvalue weighted by molar-refractivity contribution is -0.118. The third kappa shape index (κ3) is 2.88. The smallest absolute Gasteiger partial charge is 0.228 e. The molecule has 0 atom stereocenters. The number of para-hydroxylation sites is 1. The average molecular weight is 272 g/mol. The Hall–Kier alpha value is -1.35. The summed E-state index contributed by atoms with van der Waals surface area (Å²) in [4.78, 5) is 16.8. The molecule has 3 nitrogen and oxygen atoms in total. The molecule has 2 aliphatic heterocycles. The molecule has 0 unspecified atom stereocenters. The van der Waals surface area contributed by atoms with Crippen molar-refractivity contribution in [1.82, 2.24) is 4.90 Å². The van der Waals surface area contributed by atoms with Crippen LogP contribution in [-0.4, -0.2) is 37.0 Å². The minimum Gasteiger partial charge on any atom is -0.312 e. The molecule has 20 heavy (non-hydrogen) atoms. The van der Waals surface area contributed by atoms with E-state index < -0.39 is 0 Å². The Morgan fingerprint density at radius 2 is 1.95 bits per heavy atom. The highest BCUT2D eigenvalue weighted by atomic mass is 16.2. The van der Waals surface area contributed by atoms with Gasteiger partial charge in [0.1, 0.15) is 0 Å². The predicted octanol–water partition coefficient (Wildman–Crippen LogP) is 2.70. The Morgan fingerprint density at radius 1 is 1.20 bits per heavy atom. The third-order valence-electron chi connectivity index (χ3n) is 4.71. The molecule has 1 aromatic carbocycles. The van der Waals surface area contributed by atoms with Crippen LogP contribution in [0.5, 0.6) is 0 Å². The van der Waals surface area contributed by atoms with Gasteiger partial charge in [0.25, 0.3) is 0 Å². The quantitative estimate of drug-likeness (QED) is 0.844. The van der Waals surface area contributed by atoms with Crippen molar-refractivity contribution in [3.63, 3.8) is 0 Å². The molecule has 3 heteroatoms. The molecule has 2 heterocycles. The second-order valence-corrected chi connectivity index (χ2v) is 6.20. The minimum absolute atomic E-state index is 0.286. The minimum atomic E-state index is 0.286. The van der Waals surface area contributed by atoms with E-state index in [1.54, 1.807) is 0 Å². The highest BCUT2D eigenvalue weighted by Gasteiger charge is 2.24. The summed E-state index contributed by atoms with van der Waals surface area (Å²) in [6, 6.07) is 8.29. The Balaban J connectivity index is 1.53. The van der Waals surface area contributed by atoms with Crippen molar-refractivity contribution in [2.75, 3.05) is 31.1 Å². The number of hydrogen-bond donors (Lipinski definition) is 0. The molecule has 0 aromatic heterocycles. The molecular weight excluding hydrogens is 248 g/mol. The molecule has 0 aliphatic carbocycles. The first kappa shape index (κ1) is 13.6. The largest absolute Gasteiger partial charge is 0.312 e. The normalized spacial score (nSPS) is 20.1. The van der Waals surface area contributed by atoms with Crippen LogP contribution >= 0.6 is 0 Å². The van der Waals surface area contributed by atoms with Gasteiger partial charge in [-0.05, 0) is 49.9 Å². The molecule has 0 saturated carbocycles. The number of amides is 1. The number of carbonyl (C=O) groups excluding carboxylic acids is 1. The second-order valence-electron chi connectivity index (χ2n) is 6.20. The molecule has 1 aromatic rings. The molecule has 1 amide bonds. The SMILES string of the molecule is CC1CCN(CCC(=O)N2CCc3ccccc32)CC1. The fraction of sp³-hybridized carbons (Fsp3) is 0.588. The maximum Gasteiger partial charge on any atom is 0.228 e. The zero-order valence-corrected chi connectivity index (χ0v) is 12.3. The third-order valence-corrected chi connectivity index (χ3v) is 4.71. The average Bonchev–Trinajstić information content (AvgIpc) is 2.90. The number of hydrogen-bond acceptors (Lipinski definition) is 2. The van der Waals surface area contributed by atoms with E-state index in [1.807, 2.05) is 11.0 Å². The Labute approximate surface area is 121 Å². The van der Waals surface area contributed by atoms with E-state index in [1.165, 1.54) is 18.4 Å². The molecule has 2 aliphatic rings. The first-order chi connectivity index (χ1) is 9.74. The Kier molecular flexibility index (Phi) is 4.06. The fourth-order valence-electron chi connectivity index (χ4n) is 3.27. The summed E-state index contributed by atoms with van der Waals surface area (Å²) in [5, 5.41) is 0. The first-order valence-electron chi connectivity index (χ1n) is 7.84. The van der Waals surface area contributed by atoms with Crippen LogP contribution in [-0.2, 0) is 11.2 Å². The van der Waals surface area contributed by atoms with Gasteiger partial charge in [0.15, 0.2) is 0 Å². The standard InChI is InChI=1S/C17H24N2O/c1-14-6-10-18(11-7-14)12-9-17(20)19-13-8-15-4-2-3-5-16(15)19/h2-5,14H,6-13H2,1H3. The van der Waals surface area contributed by atoms with Crippen molar-refractivity contribution < 1.29 is 4.79 Å². The van der Waals surface area contributed by atoms with Crippen molar-refractivity contribution in [3.8, 4) is 0 Å². The van der Waals surface area contributed by atoms with Crippen molar-refractivity contribution in [2.45, 2.75) is 32.6 Å². The number of benzene rings is 1. The van der Waals surface area contributed by atoms with Gasteiger partial charge in [0.05, 0.1) is 0 Å². The molecule has 0 radical (unpaired) electrons. The van der Waals surface area contributed by atoms with E-state index in [2.05, 4.69) is 30.0 Å². The topological polar surface area (TPSA) is 23.6 Å². The van der Waals surface area contributed by atoms with Gasteiger partial charge in [-0.25, -0.2) is 0 Å². The first-order valence-corrected chi connectivity index (χ1v) is 7.84. The monoisotopic (exact) mass is 272 g/mol. The molecule has 0 N–H and O–H groups in total. The lowest BCUT2D eigenvalue weighted by atomic mass is 9.99. The lowest BCUT2D eigenvalue weighted by Gasteiger charge is -2.30. The van der Waals surface area contributed by atoms with Gasteiger partial charge in [-0.2, -0.15) is 0 Å². The van der Waals surface area contributed by atoms with Crippen molar-refractivity contribution in [1.29, 1.82) is 0 Å². The van der Waals surface area contributed by atoms with Crippen LogP contribution in [0.2, 0.25) is 0 Å². The fourth-order valence-corrected chi connectivity index (χ4v) is 3.27. The van der Waals surface area contributed by atoms with Crippen LogP contribution in [0, 0.1) is 5.92 Å². The summed E-state index contributed by atoms with van der Waals surface area (Å²) in [7, 11) is 0. The van der Waals surface area contributed by atoms with Crippen LogP contribution in [0.3, 0.4) is 0 Å². The van der Waals surface area contributed by atoms with Crippen LogP contribution in [0.1, 0.15) is 31.7 Å². The van der Waals surface area contributed by atoms with Crippen LogP contribution < -0.4 is 4.90 Å². The number of rotatable bonds is 3.